The number of hydrogen-bond acceptors (Lipinski definition) is 3. The standard InChI is InChI=1S/C13H13Cl2NOS/c1-8-4-5-18-13(8)12(7-16)17-11-3-2-9(14)6-10(11)15/h2-6,12H,7,16H2,1H3. The molecule has 96 valence electrons. The van der Waals surface area contributed by atoms with Crippen LogP contribution in [0.15, 0.2) is 29.6 Å². The van der Waals surface area contributed by atoms with E-state index in [0.717, 1.165) is 4.88 Å². The van der Waals surface area contributed by atoms with E-state index in [-0.39, 0.29) is 6.10 Å². The predicted octanol–water partition coefficient (Wildman–Crippen LogP) is 4.44. The highest BCUT2D eigenvalue weighted by molar-refractivity contribution is 7.10. The van der Waals surface area contributed by atoms with Gasteiger partial charge < -0.3 is 10.5 Å². The van der Waals surface area contributed by atoms with Gasteiger partial charge in [0.25, 0.3) is 0 Å². The van der Waals surface area contributed by atoms with Crippen LogP contribution in [-0.4, -0.2) is 6.54 Å². The molecular weight excluding hydrogens is 289 g/mol. The van der Waals surface area contributed by atoms with E-state index in [1.165, 1.54) is 5.56 Å². The minimum absolute atomic E-state index is 0.177. The van der Waals surface area contributed by atoms with Gasteiger partial charge in [0.1, 0.15) is 11.9 Å². The third kappa shape index (κ3) is 2.98. The molecule has 18 heavy (non-hydrogen) atoms. The van der Waals surface area contributed by atoms with Crippen LogP contribution < -0.4 is 10.5 Å². The number of aryl methyl sites for hydroxylation is 1. The van der Waals surface area contributed by atoms with Crippen molar-refractivity contribution >= 4 is 34.5 Å². The van der Waals surface area contributed by atoms with Crippen LogP contribution in [0.2, 0.25) is 10.0 Å². The summed E-state index contributed by atoms with van der Waals surface area (Å²) in [6.07, 6.45) is -0.177. The summed E-state index contributed by atoms with van der Waals surface area (Å²) in [7, 11) is 0. The predicted molar refractivity (Wildman–Crippen MR) is 77.9 cm³/mol. The Labute approximate surface area is 120 Å². The molecule has 1 atom stereocenters. The second-order valence-corrected chi connectivity index (χ2v) is 5.68. The van der Waals surface area contributed by atoms with Gasteiger partial charge in [0.15, 0.2) is 0 Å². The van der Waals surface area contributed by atoms with Crippen molar-refractivity contribution < 1.29 is 4.74 Å². The van der Waals surface area contributed by atoms with Crippen molar-refractivity contribution in [3.8, 4) is 5.75 Å². The zero-order valence-electron chi connectivity index (χ0n) is 9.82. The highest BCUT2D eigenvalue weighted by Gasteiger charge is 2.16. The molecule has 0 amide bonds. The molecule has 1 heterocycles. The zero-order chi connectivity index (χ0) is 13.1. The molecule has 0 aliphatic carbocycles. The normalized spacial score (nSPS) is 12.4. The third-order valence-electron chi connectivity index (χ3n) is 2.57. The first-order valence-electron chi connectivity index (χ1n) is 5.47. The Morgan fingerprint density at radius 3 is 2.67 bits per heavy atom. The SMILES string of the molecule is Cc1ccsc1C(CN)Oc1ccc(Cl)cc1Cl. The summed E-state index contributed by atoms with van der Waals surface area (Å²) in [5, 5.41) is 3.11. The maximum absolute atomic E-state index is 6.08. The Kier molecular flexibility index (Phi) is 4.51. The van der Waals surface area contributed by atoms with Crippen LogP contribution in [-0.2, 0) is 0 Å². The van der Waals surface area contributed by atoms with Crippen molar-refractivity contribution in [3.63, 3.8) is 0 Å². The lowest BCUT2D eigenvalue weighted by molar-refractivity contribution is 0.217. The lowest BCUT2D eigenvalue weighted by Gasteiger charge is -2.18. The van der Waals surface area contributed by atoms with Crippen molar-refractivity contribution in [2.75, 3.05) is 6.54 Å². The van der Waals surface area contributed by atoms with Gasteiger partial charge >= 0.3 is 0 Å². The molecule has 2 nitrogen and oxygen atoms in total. The summed E-state index contributed by atoms with van der Waals surface area (Å²) in [5.41, 5.74) is 6.95. The fourth-order valence-corrected chi connectivity index (χ4v) is 3.07. The second kappa shape index (κ2) is 5.93. The van der Waals surface area contributed by atoms with Gasteiger partial charge in [-0.05, 0) is 42.1 Å². The number of thiophene rings is 1. The van der Waals surface area contributed by atoms with Gasteiger partial charge in [0.05, 0.1) is 5.02 Å². The van der Waals surface area contributed by atoms with Crippen LogP contribution in [0, 0.1) is 6.92 Å². The van der Waals surface area contributed by atoms with E-state index in [4.69, 9.17) is 33.7 Å². The van der Waals surface area contributed by atoms with Crippen molar-refractivity contribution in [2.45, 2.75) is 13.0 Å². The van der Waals surface area contributed by atoms with E-state index in [1.807, 2.05) is 12.3 Å². The number of halogens is 2. The minimum Gasteiger partial charge on any atom is -0.482 e. The largest absolute Gasteiger partial charge is 0.482 e. The van der Waals surface area contributed by atoms with Gasteiger partial charge in [-0.2, -0.15) is 0 Å². The average Bonchev–Trinajstić information content (AvgIpc) is 2.75. The second-order valence-electron chi connectivity index (χ2n) is 3.88. The molecule has 0 spiro atoms. The quantitative estimate of drug-likeness (QED) is 0.906. The van der Waals surface area contributed by atoms with Gasteiger partial charge in [0.2, 0.25) is 0 Å². The number of nitrogens with two attached hydrogens (primary N) is 1. The maximum Gasteiger partial charge on any atom is 0.145 e. The Morgan fingerprint density at radius 1 is 1.33 bits per heavy atom. The number of benzene rings is 1. The molecule has 0 radical (unpaired) electrons. The van der Waals surface area contributed by atoms with Crippen molar-refractivity contribution in [1.82, 2.24) is 0 Å². The lowest BCUT2D eigenvalue weighted by Crippen LogP contribution is -2.18. The summed E-state index contributed by atoms with van der Waals surface area (Å²) in [4.78, 5) is 1.13. The molecule has 0 fully saturated rings. The number of hydrogen-bond donors (Lipinski definition) is 1. The Bertz CT molecular complexity index is 542. The fourth-order valence-electron chi connectivity index (χ4n) is 1.65. The van der Waals surface area contributed by atoms with E-state index in [2.05, 4.69) is 6.07 Å². The zero-order valence-corrected chi connectivity index (χ0v) is 12.1. The highest BCUT2D eigenvalue weighted by Crippen LogP contribution is 2.33. The molecule has 1 aromatic carbocycles. The Morgan fingerprint density at radius 2 is 2.11 bits per heavy atom. The molecule has 2 rings (SSSR count). The van der Waals surface area contributed by atoms with Gasteiger partial charge in [-0.3, -0.25) is 0 Å². The molecular formula is C13H13Cl2NOS. The van der Waals surface area contributed by atoms with E-state index in [1.54, 1.807) is 29.5 Å². The molecule has 1 aromatic heterocycles. The van der Waals surface area contributed by atoms with Crippen LogP contribution in [0.25, 0.3) is 0 Å². The number of rotatable bonds is 4. The van der Waals surface area contributed by atoms with Crippen molar-refractivity contribution in [1.29, 1.82) is 0 Å². The molecule has 2 aromatic rings. The fraction of sp³-hybridized carbons (Fsp3) is 0.231. The Hall–Kier alpha value is -0.740. The summed E-state index contributed by atoms with van der Waals surface area (Å²) in [5.74, 6) is 0.601. The van der Waals surface area contributed by atoms with E-state index >= 15 is 0 Å². The summed E-state index contributed by atoms with van der Waals surface area (Å²) >= 11 is 13.6. The average molecular weight is 302 g/mol. The molecule has 5 heteroatoms. The van der Waals surface area contributed by atoms with E-state index in [0.29, 0.717) is 22.3 Å². The van der Waals surface area contributed by atoms with Crippen molar-refractivity contribution in [3.05, 3.63) is 50.1 Å². The minimum atomic E-state index is -0.177. The summed E-state index contributed by atoms with van der Waals surface area (Å²) in [6.45, 7) is 2.45. The highest BCUT2D eigenvalue weighted by atomic mass is 35.5. The molecule has 0 aliphatic heterocycles. The number of ether oxygens (including phenoxy) is 1. The molecule has 0 saturated carbocycles. The van der Waals surface area contributed by atoms with Gasteiger partial charge in [-0.1, -0.05) is 23.2 Å². The van der Waals surface area contributed by atoms with Crippen LogP contribution in [0.5, 0.6) is 5.75 Å². The van der Waals surface area contributed by atoms with E-state index in [9.17, 15) is 0 Å². The van der Waals surface area contributed by atoms with Crippen LogP contribution >= 0.6 is 34.5 Å². The van der Waals surface area contributed by atoms with Gasteiger partial charge in [0, 0.05) is 16.4 Å². The molecule has 2 N–H and O–H groups in total. The Balaban J connectivity index is 2.23. The van der Waals surface area contributed by atoms with Crippen LogP contribution in [0.3, 0.4) is 0 Å². The van der Waals surface area contributed by atoms with Gasteiger partial charge in [-0.15, -0.1) is 11.3 Å². The first kappa shape index (κ1) is 13.7. The lowest BCUT2D eigenvalue weighted by atomic mass is 10.2. The van der Waals surface area contributed by atoms with Crippen LogP contribution in [0.1, 0.15) is 16.5 Å². The first-order valence-corrected chi connectivity index (χ1v) is 7.11. The monoisotopic (exact) mass is 301 g/mol. The van der Waals surface area contributed by atoms with Crippen LogP contribution in [0.4, 0.5) is 0 Å². The maximum atomic E-state index is 6.08. The first-order chi connectivity index (χ1) is 8.61. The third-order valence-corrected chi connectivity index (χ3v) is 4.21. The van der Waals surface area contributed by atoms with E-state index < -0.39 is 0 Å². The molecule has 1 unspecified atom stereocenters. The molecule has 0 aliphatic rings. The molecule has 0 saturated heterocycles. The summed E-state index contributed by atoms with van der Waals surface area (Å²) < 4.78 is 5.87. The summed E-state index contributed by atoms with van der Waals surface area (Å²) in [6, 6.07) is 7.22. The molecule has 0 bridgehead atoms. The smallest absolute Gasteiger partial charge is 0.145 e. The topological polar surface area (TPSA) is 35.2 Å². The van der Waals surface area contributed by atoms with Gasteiger partial charge in [-0.25, -0.2) is 0 Å². The van der Waals surface area contributed by atoms with Crippen molar-refractivity contribution in [2.24, 2.45) is 5.73 Å².